The van der Waals surface area contributed by atoms with Crippen LogP contribution in [0.15, 0.2) is 42.5 Å². The normalized spacial score (nSPS) is 14.8. The number of benzene rings is 2. The lowest BCUT2D eigenvalue weighted by Gasteiger charge is -2.27. The highest BCUT2D eigenvalue weighted by atomic mass is 19.4. The zero-order chi connectivity index (χ0) is 26.2. The molecule has 1 heterocycles. The van der Waals surface area contributed by atoms with Crippen LogP contribution in [-0.4, -0.2) is 57.0 Å². The molecule has 1 saturated heterocycles. The second kappa shape index (κ2) is 12.2. The van der Waals surface area contributed by atoms with Gasteiger partial charge in [-0.05, 0) is 62.3 Å². The van der Waals surface area contributed by atoms with Crippen molar-refractivity contribution < 1.29 is 35.8 Å². The number of hydrogen-bond acceptors (Lipinski definition) is 4. The van der Waals surface area contributed by atoms with E-state index in [1.807, 2.05) is 0 Å². The Morgan fingerprint density at radius 3 is 2.03 bits per heavy atom. The maximum Gasteiger partial charge on any atom is 0.407 e. The molecular formula is C25H27F6N3O2. The number of halogens is 6. The molecule has 0 unspecified atom stereocenters. The highest BCUT2D eigenvalue weighted by Gasteiger charge is 2.35. The topological polar surface area (TPSA) is 29.3 Å². The van der Waals surface area contributed by atoms with Crippen molar-refractivity contribution in [3.8, 4) is 11.5 Å². The number of rotatable bonds is 10. The minimum absolute atomic E-state index is 0.197. The molecule has 0 bridgehead atoms. The number of likely N-dealkylation sites (tertiary alicyclic amines) is 1. The largest absolute Gasteiger partial charge is 0.492 e. The van der Waals surface area contributed by atoms with E-state index in [9.17, 15) is 26.3 Å². The molecule has 11 heteroatoms. The first-order valence-corrected chi connectivity index (χ1v) is 11.5. The molecule has 0 spiro atoms. The van der Waals surface area contributed by atoms with Gasteiger partial charge in [0.15, 0.2) is 5.69 Å². The monoisotopic (exact) mass is 515 g/mol. The summed E-state index contributed by atoms with van der Waals surface area (Å²) in [6.45, 7) is 8.43. The molecule has 0 aliphatic carbocycles. The zero-order valence-electron chi connectivity index (χ0n) is 19.5. The Kier molecular flexibility index (Phi) is 9.31. The Morgan fingerprint density at radius 2 is 1.47 bits per heavy atom. The van der Waals surface area contributed by atoms with Crippen LogP contribution in [-0.2, 0) is 6.18 Å². The Labute approximate surface area is 206 Å². The number of nitrogens with zero attached hydrogens (tertiary/aromatic N) is 3. The Hall–Kier alpha value is -3.13. The molecule has 1 fully saturated rings. The van der Waals surface area contributed by atoms with Gasteiger partial charge in [-0.1, -0.05) is 12.5 Å². The van der Waals surface area contributed by atoms with Crippen molar-refractivity contribution in [1.82, 2.24) is 4.90 Å². The summed E-state index contributed by atoms with van der Waals surface area (Å²) in [7, 11) is 0. The van der Waals surface area contributed by atoms with E-state index in [0.717, 1.165) is 36.7 Å². The van der Waals surface area contributed by atoms with Gasteiger partial charge in [0.05, 0.1) is 18.7 Å². The number of hydrogen-bond donors (Lipinski definition) is 0. The van der Waals surface area contributed by atoms with E-state index >= 15 is 0 Å². The van der Waals surface area contributed by atoms with Crippen molar-refractivity contribution in [2.75, 3.05) is 50.8 Å². The maximum absolute atomic E-state index is 13.3. The smallest absolute Gasteiger partial charge is 0.407 e. The van der Waals surface area contributed by atoms with E-state index < -0.39 is 30.1 Å². The van der Waals surface area contributed by atoms with Crippen LogP contribution in [0.2, 0.25) is 0 Å². The van der Waals surface area contributed by atoms with Crippen molar-refractivity contribution in [1.29, 1.82) is 0 Å². The molecule has 0 aromatic heterocycles. The highest BCUT2D eigenvalue weighted by molar-refractivity contribution is 5.62. The van der Waals surface area contributed by atoms with Gasteiger partial charge in [-0.2, -0.15) is 26.3 Å². The number of piperidine rings is 1. The minimum Gasteiger partial charge on any atom is -0.492 e. The van der Waals surface area contributed by atoms with E-state index in [1.165, 1.54) is 19.3 Å². The van der Waals surface area contributed by atoms with Crippen LogP contribution in [0.25, 0.3) is 4.85 Å². The lowest BCUT2D eigenvalue weighted by atomic mass is 10.1. The predicted octanol–water partition coefficient (Wildman–Crippen LogP) is 6.57. The molecule has 36 heavy (non-hydrogen) atoms. The van der Waals surface area contributed by atoms with Crippen molar-refractivity contribution in [3.63, 3.8) is 0 Å². The van der Waals surface area contributed by atoms with E-state index in [0.29, 0.717) is 24.2 Å². The van der Waals surface area contributed by atoms with Crippen LogP contribution in [0.4, 0.5) is 37.7 Å². The fourth-order valence-electron chi connectivity index (χ4n) is 3.94. The molecule has 2 aromatic rings. The summed E-state index contributed by atoms with van der Waals surface area (Å²) in [4.78, 5) is 5.91. The summed E-state index contributed by atoms with van der Waals surface area (Å²) in [5.41, 5.74) is -2.25. The van der Waals surface area contributed by atoms with Crippen LogP contribution in [0.1, 0.15) is 24.8 Å². The molecule has 3 rings (SSSR count). The van der Waals surface area contributed by atoms with Crippen molar-refractivity contribution in [2.24, 2.45) is 0 Å². The Bertz CT molecular complexity index is 1010. The zero-order valence-corrected chi connectivity index (χ0v) is 19.5. The van der Waals surface area contributed by atoms with Crippen LogP contribution in [0, 0.1) is 6.57 Å². The molecule has 0 amide bonds. The van der Waals surface area contributed by atoms with Crippen LogP contribution < -0.4 is 14.4 Å². The van der Waals surface area contributed by atoms with Gasteiger partial charge in [0.25, 0.3) is 0 Å². The second-order valence-corrected chi connectivity index (χ2v) is 8.42. The van der Waals surface area contributed by atoms with Crippen LogP contribution >= 0.6 is 0 Å². The number of ether oxygens (including phenoxy) is 2. The van der Waals surface area contributed by atoms with Gasteiger partial charge in [0, 0.05) is 12.2 Å². The molecule has 0 radical (unpaired) electrons. The van der Waals surface area contributed by atoms with E-state index in [-0.39, 0.29) is 18.8 Å². The average Bonchev–Trinajstić information content (AvgIpc) is 2.83. The van der Waals surface area contributed by atoms with Crippen molar-refractivity contribution in [2.45, 2.75) is 31.6 Å². The standard InChI is InChI=1S/C25H27F6N3O2/c1-32-23-10-5-19(17-22(23)25(29,30)31)34(18-24(26,27)28)14-16-36-21-8-6-20(7-9-21)35-15-13-33-11-3-2-4-12-33/h5-10,17H,2-4,11-16,18H2. The third-order valence-corrected chi connectivity index (χ3v) is 5.72. The Morgan fingerprint density at radius 1 is 0.861 bits per heavy atom. The van der Waals surface area contributed by atoms with Gasteiger partial charge in [-0.3, -0.25) is 4.90 Å². The predicted molar refractivity (Wildman–Crippen MR) is 124 cm³/mol. The lowest BCUT2D eigenvalue weighted by molar-refractivity contribution is -0.136. The van der Waals surface area contributed by atoms with Gasteiger partial charge in [-0.25, -0.2) is 4.85 Å². The highest BCUT2D eigenvalue weighted by Crippen LogP contribution is 2.39. The lowest BCUT2D eigenvalue weighted by Crippen LogP contribution is -2.37. The van der Waals surface area contributed by atoms with E-state index in [1.54, 1.807) is 24.3 Å². The maximum atomic E-state index is 13.3. The van der Waals surface area contributed by atoms with Crippen LogP contribution in [0.5, 0.6) is 11.5 Å². The molecule has 0 saturated carbocycles. The van der Waals surface area contributed by atoms with E-state index in [4.69, 9.17) is 16.0 Å². The van der Waals surface area contributed by atoms with Gasteiger partial charge in [-0.15, -0.1) is 0 Å². The summed E-state index contributed by atoms with van der Waals surface area (Å²) in [5.74, 6) is 1.03. The summed E-state index contributed by atoms with van der Waals surface area (Å²) >= 11 is 0. The summed E-state index contributed by atoms with van der Waals surface area (Å²) in [6, 6.07) is 9.14. The quantitative estimate of drug-likeness (QED) is 0.265. The first kappa shape index (κ1) is 27.5. The third-order valence-electron chi connectivity index (χ3n) is 5.72. The molecule has 0 atom stereocenters. The number of alkyl halides is 6. The molecule has 5 nitrogen and oxygen atoms in total. The minimum atomic E-state index is -4.87. The second-order valence-electron chi connectivity index (χ2n) is 8.42. The molecule has 196 valence electrons. The van der Waals surface area contributed by atoms with Gasteiger partial charge in [0.2, 0.25) is 0 Å². The molecule has 1 aliphatic heterocycles. The first-order chi connectivity index (χ1) is 17.0. The molecular weight excluding hydrogens is 488 g/mol. The number of anilines is 1. The summed E-state index contributed by atoms with van der Waals surface area (Å²) in [6.07, 6.45) is -5.86. The molecule has 2 aromatic carbocycles. The molecule has 0 N–H and O–H groups in total. The fourth-order valence-corrected chi connectivity index (χ4v) is 3.94. The van der Waals surface area contributed by atoms with Gasteiger partial charge < -0.3 is 14.4 Å². The average molecular weight is 515 g/mol. The Balaban J connectivity index is 1.57. The summed E-state index contributed by atoms with van der Waals surface area (Å²) in [5, 5.41) is 0. The van der Waals surface area contributed by atoms with Gasteiger partial charge in [0.1, 0.15) is 31.3 Å². The van der Waals surface area contributed by atoms with Crippen molar-refractivity contribution >= 4 is 11.4 Å². The third kappa shape index (κ3) is 8.52. The van der Waals surface area contributed by atoms with E-state index in [2.05, 4.69) is 9.74 Å². The first-order valence-electron chi connectivity index (χ1n) is 11.5. The fraction of sp³-hybridized carbons (Fsp3) is 0.480. The SMILES string of the molecule is [C-]#[N+]c1ccc(N(CCOc2ccc(OCCN3CCCCC3)cc2)CC(F)(F)F)cc1C(F)(F)F. The van der Waals surface area contributed by atoms with Crippen LogP contribution in [0.3, 0.4) is 0 Å². The summed E-state index contributed by atoms with van der Waals surface area (Å²) < 4.78 is 90.4. The molecule has 1 aliphatic rings. The van der Waals surface area contributed by atoms with Gasteiger partial charge >= 0.3 is 12.4 Å². The van der Waals surface area contributed by atoms with Crippen molar-refractivity contribution in [3.05, 3.63) is 59.4 Å².